The fourth-order valence-corrected chi connectivity index (χ4v) is 2.51. The molecule has 0 bridgehead atoms. The molecule has 19 heavy (non-hydrogen) atoms. The van der Waals surface area contributed by atoms with Crippen molar-refractivity contribution in [1.82, 2.24) is 5.32 Å². The summed E-state index contributed by atoms with van der Waals surface area (Å²) in [6, 6.07) is 4.49. The number of carbonyl (C=O) groups is 2. The highest BCUT2D eigenvalue weighted by Gasteiger charge is 2.21. The third-order valence-electron chi connectivity index (χ3n) is 2.70. The first-order chi connectivity index (χ1) is 8.82. The molecule has 2 unspecified atom stereocenters. The molecule has 1 aromatic carbocycles. The lowest BCUT2D eigenvalue weighted by molar-refractivity contribution is -0.141. The first-order valence-electron chi connectivity index (χ1n) is 5.57. The van der Waals surface area contributed by atoms with Gasteiger partial charge in [-0.05, 0) is 57.8 Å². The summed E-state index contributed by atoms with van der Waals surface area (Å²) in [6.07, 6.45) is 0. The Bertz CT molecular complexity index is 474. The van der Waals surface area contributed by atoms with E-state index in [9.17, 15) is 9.59 Å². The lowest BCUT2D eigenvalue weighted by Crippen LogP contribution is -2.42. The molecular weight excluding hydrogens is 380 g/mol. The quantitative estimate of drug-likeness (QED) is 0.733. The minimum Gasteiger partial charge on any atom is -0.481 e. The van der Waals surface area contributed by atoms with Crippen LogP contribution < -0.4 is 10.6 Å². The average Bonchev–Trinajstić information content (AvgIpc) is 2.32. The molecule has 3 N–H and O–H groups in total. The predicted molar refractivity (Wildman–Crippen MR) is 80.3 cm³/mol. The predicted octanol–water partition coefficient (Wildman–Crippen LogP) is 3.44. The number of carboxylic acids is 1. The fourth-order valence-electron chi connectivity index (χ4n) is 1.31. The molecule has 0 aliphatic rings. The van der Waals surface area contributed by atoms with E-state index < -0.39 is 24.0 Å². The second-order valence-electron chi connectivity index (χ2n) is 4.11. The summed E-state index contributed by atoms with van der Waals surface area (Å²) in [4.78, 5) is 22.6. The maximum Gasteiger partial charge on any atom is 0.319 e. The lowest BCUT2D eigenvalue weighted by Gasteiger charge is -2.18. The Balaban J connectivity index is 2.68. The summed E-state index contributed by atoms with van der Waals surface area (Å²) >= 11 is 6.65. The van der Waals surface area contributed by atoms with Crippen LogP contribution in [0, 0.1) is 5.92 Å². The minimum absolute atomic E-state index is 0.451. The highest BCUT2D eigenvalue weighted by Crippen LogP contribution is 2.30. The topological polar surface area (TPSA) is 78.4 Å². The molecule has 0 heterocycles. The number of amides is 2. The number of anilines is 1. The molecule has 0 fully saturated rings. The van der Waals surface area contributed by atoms with Crippen molar-refractivity contribution in [3.05, 3.63) is 27.1 Å². The van der Waals surface area contributed by atoms with Crippen LogP contribution in [0.25, 0.3) is 0 Å². The van der Waals surface area contributed by atoms with Crippen LogP contribution in [0.3, 0.4) is 0 Å². The normalized spacial score (nSPS) is 13.5. The molecule has 2 atom stereocenters. The van der Waals surface area contributed by atoms with Crippen LogP contribution in [0.4, 0.5) is 10.5 Å². The van der Waals surface area contributed by atoms with Gasteiger partial charge in [-0.1, -0.05) is 6.07 Å². The van der Waals surface area contributed by atoms with Gasteiger partial charge in [0.25, 0.3) is 0 Å². The van der Waals surface area contributed by atoms with E-state index in [0.29, 0.717) is 5.69 Å². The third-order valence-corrected chi connectivity index (χ3v) is 4.02. The van der Waals surface area contributed by atoms with E-state index in [2.05, 4.69) is 42.5 Å². The van der Waals surface area contributed by atoms with Crippen molar-refractivity contribution in [1.29, 1.82) is 0 Å². The van der Waals surface area contributed by atoms with Gasteiger partial charge in [-0.2, -0.15) is 0 Å². The summed E-state index contributed by atoms with van der Waals surface area (Å²) in [5.74, 6) is -1.61. The highest BCUT2D eigenvalue weighted by molar-refractivity contribution is 9.11. The summed E-state index contributed by atoms with van der Waals surface area (Å²) < 4.78 is 1.46. The van der Waals surface area contributed by atoms with Crippen molar-refractivity contribution in [2.45, 2.75) is 19.9 Å². The van der Waals surface area contributed by atoms with Crippen LogP contribution in [0.1, 0.15) is 13.8 Å². The molecule has 5 nitrogen and oxygen atoms in total. The molecule has 104 valence electrons. The van der Waals surface area contributed by atoms with Crippen molar-refractivity contribution in [3.8, 4) is 0 Å². The van der Waals surface area contributed by atoms with Gasteiger partial charge >= 0.3 is 12.0 Å². The molecule has 1 rings (SSSR count). The lowest BCUT2D eigenvalue weighted by atomic mass is 10.0. The number of benzene rings is 1. The Hall–Kier alpha value is -1.08. The van der Waals surface area contributed by atoms with Gasteiger partial charge in [0.05, 0.1) is 11.6 Å². The first kappa shape index (κ1) is 16.0. The summed E-state index contributed by atoms with van der Waals surface area (Å²) in [5.41, 5.74) is 0.593. The van der Waals surface area contributed by atoms with Gasteiger partial charge in [0, 0.05) is 15.0 Å². The number of urea groups is 1. The average molecular weight is 394 g/mol. The molecule has 2 amide bonds. The number of carboxylic acid groups (broad SMARTS) is 1. The Labute approximate surface area is 128 Å². The molecule has 0 aliphatic carbocycles. The zero-order valence-electron chi connectivity index (χ0n) is 10.4. The van der Waals surface area contributed by atoms with Crippen molar-refractivity contribution >= 4 is 49.5 Å². The Morgan fingerprint density at radius 1 is 1.21 bits per heavy atom. The number of hydrogen-bond donors (Lipinski definition) is 3. The van der Waals surface area contributed by atoms with E-state index in [1.807, 2.05) is 6.07 Å². The minimum atomic E-state index is -0.949. The largest absolute Gasteiger partial charge is 0.481 e. The molecule has 0 aromatic heterocycles. The van der Waals surface area contributed by atoms with Crippen LogP contribution in [-0.4, -0.2) is 23.1 Å². The molecule has 0 spiro atoms. The van der Waals surface area contributed by atoms with Gasteiger partial charge in [0.2, 0.25) is 0 Å². The van der Waals surface area contributed by atoms with Crippen molar-refractivity contribution < 1.29 is 14.7 Å². The second kappa shape index (κ2) is 6.91. The van der Waals surface area contributed by atoms with Crippen LogP contribution in [0.5, 0.6) is 0 Å². The van der Waals surface area contributed by atoms with Crippen molar-refractivity contribution in [2.75, 3.05) is 5.32 Å². The van der Waals surface area contributed by atoms with E-state index in [1.54, 1.807) is 26.0 Å². The van der Waals surface area contributed by atoms with E-state index in [-0.39, 0.29) is 0 Å². The van der Waals surface area contributed by atoms with Gasteiger partial charge < -0.3 is 15.7 Å². The number of carbonyl (C=O) groups excluding carboxylic acids is 1. The summed E-state index contributed by atoms with van der Waals surface area (Å²) in [7, 11) is 0. The number of hydrogen-bond acceptors (Lipinski definition) is 2. The number of aliphatic carboxylic acids is 1. The van der Waals surface area contributed by atoms with E-state index >= 15 is 0 Å². The Morgan fingerprint density at radius 2 is 1.74 bits per heavy atom. The van der Waals surface area contributed by atoms with E-state index in [0.717, 1.165) is 8.95 Å². The molecule has 7 heteroatoms. The van der Waals surface area contributed by atoms with E-state index in [4.69, 9.17) is 5.11 Å². The molecule has 1 aromatic rings. The van der Waals surface area contributed by atoms with Gasteiger partial charge in [-0.15, -0.1) is 0 Å². The van der Waals surface area contributed by atoms with E-state index in [1.165, 1.54) is 0 Å². The zero-order chi connectivity index (χ0) is 14.6. The molecular formula is C12H14Br2N2O3. The second-order valence-corrected chi connectivity index (χ2v) is 5.82. The monoisotopic (exact) mass is 392 g/mol. The van der Waals surface area contributed by atoms with Crippen LogP contribution >= 0.6 is 31.9 Å². The van der Waals surface area contributed by atoms with Crippen molar-refractivity contribution in [3.63, 3.8) is 0 Å². The number of rotatable bonds is 4. The SMILES string of the molecule is CC(NC(=O)Nc1c(Br)cccc1Br)C(C)C(=O)O. The van der Waals surface area contributed by atoms with Crippen molar-refractivity contribution in [2.24, 2.45) is 5.92 Å². The smallest absolute Gasteiger partial charge is 0.319 e. The molecule has 0 radical (unpaired) electrons. The first-order valence-corrected chi connectivity index (χ1v) is 7.16. The number of nitrogens with one attached hydrogen (secondary N) is 2. The van der Waals surface area contributed by atoms with Gasteiger partial charge in [0.1, 0.15) is 0 Å². The number of halogens is 2. The maximum absolute atomic E-state index is 11.8. The fraction of sp³-hybridized carbons (Fsp3) is 0.333. The standard InChI is InChI=1S/C12H14Br2N2O3/c1-6(11(17)18)7(2)15-12(19)16-10-8(13)4-3-5-9(10)14/h3-7H,1-2H3,(H,17,18)(H2,15,16,19). The Morgan fingerprint density at radius 3 is 2.21 bits per heavy atom. The third kappa shape index (κ3) is 4.50. The summed E-state index contributed by atoms with van der Waals surface area (Å²) in [5, 5.41) is 14.1. The van der Waals surface area contributed by atoms with Crippen LogP contribution in [-0.2, 0) is 4.79 Å². The van der Waals surface area contributed by atoms with Gasteiger partial charge in [-0.25, -0.2) is 4.79 Å². The molecule has 0 saturated heterocycles. The highest BCUT2D eigenvalue weighted by atomic mass is 79.9. The number of para-hydroxylation sites is 1. The molecule has 0 saturated carbocycles. The van der Waals surface area contributed by atoms with Gasteiger partial charge in [0.15, 0.2) is 0 Å². The maximum atomic E-state index is 11.8. The van der Waals surface area contributed by atoms with Crippen LogP contribution in [0.2, 0.25) is 0 Å². The zero-order valence-corrected chi connectivity index (χ0v) is 13.6. The van der Waals surface area contributed by atoms with Gasteiger partial charge in [-0.3, -0.25) is 4.79 Å². The Kier molecular flexibility index (Phi) is 5.81. The summed E-state index contributed by atoms with van der Waals surface area (Å²) in [6.45, 7) is 3.19. The van der Waals surface area contributed by atoms with Crippen LogP contribution in [0.15, 0.2) is 27.1 Å². The molecule has 0 aliphatic heterocycles.